The molecular weight excluding hydrogens is 299 g/mol. The summed E-state index contributed by atoms with van der Waals surface area (Å²) in [5.74, 6) is 0.373. The number of benzene rings is 2. The second-order valence-electron chi connectivity index (χ2n) is 4.15. The van der Waals surface area contributed by atoms with Gasteiger partial charge in [0.1, 0.15) is 0 Å². The predicted molar refractivity (Wildman–Crippen MR) is 82.7 cm³/mol. The van der Waals surface area contributed by atoms with Gasteiger partial charge in [0.05, 0.1) is 10.8 Å². The van der Waals surface area contributed by atoms with Gasteiger partial charge >= 0.3 is 0 Å². The van der Waals surface area contributed by atoms with Crippen LogP contribution < -0.4 is 0 Å². The van der Waals surface area contributed by atoms with E-state index in [1.807, 2.05) is 25.1 Å². The zero-order chi connectivity index (χ0) is 13.8. The Kier molecular flexibility index (Phi) is 4.92. The lowest BCUT2D eigenvalue weighted by molar-refractivity contribution is 0.102. The molecule has 2 aromatic carbocycles. The molecule has 0 aliphatic rings. The number of rotatable bonds is 4. The average molecular weight is 311 g/mol. The maximum atomic E-state index is 12.1. The molecule has 1 nitrogen and oxygen atoms in total. The first-order valence-electron chi connectivity index (χ1n) is 5.74. The van der Waals surface area contributed by atoms with Crippen LogP contribution in [-0.4, -0.2) is 11.5 Å². The van der Waals surface area contributed by atoms with E-state index in [2.05, 4.69) is 6.07 Å². The lowest BCUT2D eigenvalue weighted by atomic mass is 10.1. The van der Waals surface area contributed by atoms with Crippen LogP contribution >= 0.6 is 35.0 Å². The Balaban J connectivity index is 2.05. The topological polar surface area (TPSA) is 17.1 Å². The van der Waals surface area contributed by atoms with Gasteiger partial charge in [0.15, 0.2) is 5.78 Å². The van der Waals surface area contributed by atoms with E-state index in [0.717, 1.165) is 4.90 Å². The fourth-order valence-corrected chi connectivity index (χ4v) is 3.06. The smallest absolute Gasteiger partial charge is 0.174 e. The van der Waals surface area contributed by atoms with Crippen molar-refractivity contribution in [1.29, 1.82) is 0 Å². The first-order valence-corrected chi connectivity index (χ1v) is 7.48. The van der Waals surface area contributed by atoms with Crippen LogP contribution in [0.2, 0.25) is 10.0 Å². The molecule has 19 heavy (non-hydrogen) atoms. The van der Waals surface area contributed by atoms with Gasteiger partial charge in [-0.3, -0.25) is 4.79 Å². The van der Waals surface area contributed by atoms with Crippen LogP contribution in [0.1, 0.15) is 15.9 Å². The number of ketones is 1. The first-order chi connectivity index (χ1) is 9.06. The summed E-state index contributed by atoms with van der Waals surface area (Å²) in [6.45, 7) is 2.03. The molecule has 0 saturated carbocycles. The van der Waals surface area contributed by atoms with Gasteiger partial charge in [-0.05, 0) is 37.3 Å². The minimum absolute atomic E-state index is 0.00757. The zero-order valence-corrected chi connectivity index (χ0v) is 12.6. The quantitative estimate of drug-likeness (QED) is 0.564. The van der Waals surface area contributed by atoms with Gasteiger partial charge in [-0.2, -0.15) is 0 Å². The van der Waals surface area contributed by atoms with Crippen molar-refractivity contribution in [3.8, 4) is 0 Å². The molecule has 0 bridgehead atoms. The molecule has 0 heterocycles. The Morgan fingerprint density at radius 2 is 1.95 bits per heavy atom. The van der Waals surface area contributed by atoms with Crippen LogP contribution in [0, 0.1) is 6.92 Å². The fraction of sp³-hybridized carbons (Fsp3) is 0.133. The van der Waals surface area contributed by atoms with Crippen molar-refractivity contribution in [3.05, 3.63) is 63.6 Å². The second kappa shape index (κ2) is 6.47. The molecule has 4 heteroatoms. The van der Waals surface area contributed by atoms with Gasteiger partial charge in [0, 0.05) is 15.5 Å². The van der Waals surface area contributed by atoms with E-state index in [1.165, 1.54) is 17.3 Å². The summed E-state index contributed by atoms with van der Waals surface area (Å²) in [5, 5.41) is 0.940. The molecule has 0 saturated heterocycles. The zero-order valence-electron chi connectivity index (χ0n) is 10.3. The number of carbonyl (C=O) groups excluding carboxylic acids is 1. The second-order valence-corrected chi connectivity index (χ2v) is 6.04. The predicted octanol–water partition coefficient (Wildman–Crippen LogP) is 5.28. The van der Waals surface area contributed by atoms with E-state index in [0.29, 0.717) is 21.4 Å². The standard InChI is InChI=1S/C15H12Cl2OS/c1-10-3-2-4-12(7-10)19-9-15(18)13-6-5-11(16)8-14(13)17/h2-8H,9H2,1H3. The highest BCUT2D eigenvalue weighted by Crippen LogP contribution is 2.25. The molecule has 0 fully saturated rings. The molecule has 0 aliphatic carbocycles. The molecule has 0 aromatic heterocycles. The number of aryl methyl sites for hydroxylation is 1. The van der Waals surface area contributed by atoms with Gasteiger partial charge in [-0.1, -0.05) is 40.9 Å². The van der Waals surface area contributed by atoms with Gasteiger partial charge in [0.25, 0.3) is 0 Å². The number of Topliss-reactive ketones (excluding diaryl/α,β-unsaturated/α-hetero) is 1. The minimum Gasteiger partial charge on any atom is -0.293 e. The summed E-state index contributed by atoms with van der Waals surface area (Å²) < 4.78 is 0. The van der Waals surface area contributed by atoms with Gasteiger partial charge < -0.3 is 0 Å². The van der Waals surface area contributed by atoms with E-state index < -0.39 is 0 Å². The lowest BCUT2D eigenvalue weighted by Crippen LogP contribution is -2.03. The van der Waals surface area contributed by atoms with Crippen LogP contribution in [0.4, 0.5) is 0 Å². The third kappa shape index (κ3) is 4.00. The Morgan fingerprint density at radius 1 is 1.16 bits per heavy atom. The number of halogens is 2. The monoisotopic (exact) mass is 310 g/mol. The highest BCUT2D eigenvalue weighted by atomic mass is 35.5. The van der Waals surface area contributed by atoms with Crippen molar-refractivity contribution in [1.82, 2.24) is 0 Å². The third-order valence-electron chi connectivity index (χ3n) is 2.59. The molecule has 0 N–H and O–H groups in total. The van der Waals surface area contributed by atoms with E-state index >= 15 is 0 Å². The van der Waals surface area contributed by atoms with E-state index in [-0.39, 0.29) is 5.78 Å². The summed E-state index contributed by atoms with van der Waals surface area (Å²) in [6.07, 6.45) is 0. The molecule has 0 atom stereocenters. The normalized spacial score (nSPS) is 10.5. The highest BCUT2D eigenvalue weighted by molar-refractivity contribution is 8.00. The van der Waals surface area contributed by atoms with Crippen molar-refractivity contribution in [2.75, 3.05) is 5.75 Å². The van der Waals surface area contributed by atoms with E-state index in [9.17, 15) is 4.79 Å². The largest absolute Gasteiger partial charge is 0.293 e. The first kappa shape index (κ1) is 14.4. The maximum absolute atomic E-state index is 12.1. The van der Waals surface area contributed by atoms with Crippen LogP contribution in [0.5, 0.6) is 0 Å². The molecule has 2 rings (SSSR count). The Bertz CT molecular complexity index is 611. The number of thioether (sulfide) groups is 1. The van der Waals surface area contributed by atoms with Crippen molar-refractivity contribution in [2.45, 2.75) is 11.8 Å². The molecule has 0 spiro atoms. The van der Waals surface area contributed by atoms with Crippen LogP contribution in [-0.2, 0) is 0 Å². The lowest BCUT2D eigenvalue weighted by Gasteiger charge is -2.05. The van der Waals surface area contributed by atoms with Crippen molar-refractivity contribution >= 4 is 40.7 Å². The Hall–Kier alpha value is -0.960. The molecule has 98 valence electrons. The van der Waals surface area contributed by atoms with E-state index in [4.69, 9.17) is 23.2 Å². The molecule has 0 aliphatic heterocycles. The summed E-state index contributed by atoms with van der Waals surface area (Å²) in [7, 11) is 0. The molecular formula is C15H12Cl2OS. The summed E-state index contributed by atoms with van der Waals surface area (Å²) in [5.41, 5.74) is 1.70. The Labute approximate surface area is 126 Å². The third-order valence-corrected chi connectivity index (χ3v) is 4.13. The van der Waals surface area contributed by atoms with Gasteiger partial charge in [-0.15, -0.1) is 11.8 Å². The maximum Gasteiger partial charge on any atom is 0.174 e. The van der Waals surface area contributed by atoms with Crippen LogP contribution in [0.15, 0.2) is 47.4 Å². The van der Waals surface area contributed by atoms with Gasteiger partial charge in [-0.25, -0.2) is 0 Å². The SMILES string of the molecule is Cc1cccc(SCC(=O)c2ccc(Cl)cc2Cl)c1. The van der Waals surface area contributed by atoms with E-state index in [1.54, 1.807) is 18.2 Å². The highest BCUT2D eigenvalue weighted by Gasteiger charge is 2.11. The fourth-order valence-electron chi connectivity index (χ4n) is 1.65. The van der Waals surface area contributed by atoms with Crippen LogP contribution in [0.25, 0.3) is 0 Å². The average Bonchev–Trinajstić information content (AvgIpc) is 2.36. The Morgan fingerprint density at radius 3 is 2.63 bits per heavy atom. The molecule has 2 aromatic rings. The van der Waals surface area contributed by atoms with Crippen LogP contribution in [0.3, 0.4) is 0 Å². The number of hydrogen-bond acceptors (Lipinski definition) is 2. The minimum atomic E-state index is 0.00757. The number of hydrogen-bond donors (Lipinski definition) is 0. The molecule has 0 unspecified atom stereocenters. The molecule has 0 amide bonds. The van der Waals surface area contributed by atoms with Gasteiger partial charge in [0.2, 0.25) is 0 Å². The summed E-state index contributed by atoms with van der Waals surface area (Å²) in [6, 6.07) is 13.0. The van der Waals surface area contributed by atoms with Crippen molar-refractivity contribution in [3.63, 3.8) is 0 Å². The van der Waals surface area contributed by atoms with Crippen molar-refractivity contribution in [2.24, 2.45) is 0 Å². The summed E-state index contributed by atoms with van der Waals surface area (Å²) >= 11 is 13.3. The van der Waals surface area contributed by atoms with Crippen molar-refractivity contribution < 1.29 is 4.79 Å². The summed E-state index contributed by atoms with van der Waals surface area (Å²) in [4.78, 5) is 13.2. The number of carbonyl (C=O) groups is 1. The molecule has 0 radical (unpaired) electrons.